The van der Waals surface area contributed by atoms with E-state index in [1.165, 1.54) is 83.5 Å². The average Bonchev–Trinajstić information content (AvgIpc) is 2.52. The van der Waals surface area contributed by atoms with Crippen molar-refractivity contribution in [1.29, 1.82) is 0 Å². The normalized spacial score (nSPS) is 12.0. The Morgan fingerprint density at radius 1 is 0.708 bits per heavy atom. The highest BCUT2D eigenvalue weighted by atomic mass is 32.2. The zero-order chi connectivity index (χ0) is 17.9. The van der Waals surface area contributed by atoms with E-state index < -0.39 is 7.82 Å². The van der Waals surface area contributed by atoms with E-state index in [-0.39, 0.29) is 6.61 Å². The minimum Gasteiger partial charge on any atom is -0.303 e. The molecule has 6 heteroatoms. The van der Waals surface area contributed by atoms with Gasteiger partial charge in [-0.1, -0.05) is 84.0 Å². The van der Waals surface area contributed by atoms with Crippen LogP contribution in [-0.4, -0.2) is 27.9 Å². The Morgan fingerprint density at radius 3 is 1.58 bits per heavy atom. The van der Waals surface area contributed by atoms with Gasteiger partial charge in [0.15, 0.2) is 0 Å². The van der Waals surface area contributed by atoms with Crippen LogP contribution in [0.3, 0.4) is 0 Å². The van der Waals surface area contributed by atoms with Crippen LogP contribution in [0, 0.1) is 0 Å². The molecule has 0 atom stereocenters. The SMILES string of the molecule is CCCCCCCCCCCCCCCSCCCOP(=O)(O)O. The van der Waals surface area contributed by atoms with E-state index in [2.05, 4.69) is 11.4 Å². The minimum absolute atomic E-state index is 0.149. The van der Waals surface area contributed by atoms with Gasteiger partial charge in [0, 0.05) is 0 Å². The Balaban J connectivity index is 3.02. The van der Waals surface area contributed by atoms with E-state index >= 15 is 0 Å². The molecule has 0 aliphatic rings. The number of phosphoric acid groups is 1. The number of unbranched alkanes of at least 4 members (excludes halogenated alkanes) is 12. The lowest BCUT2D eigenvalue weighted by Gasteiger charge is -2.05. The Morgan fingerprint density at radius 2 is 1.12 bits per heavy atom. The van der Waals surface area contributed by atoms with Crippen LogP contribution < -0.4 is 0 Å². The summed E-state index contributed by atoms with van der Waals surface area (Å²) in [6.45, 7) is 2.42. The molecule has 2 N–H and O–H groups in total. The topological polar surface area (TPSA) is 66.8 Å². The molecule has 0 fully saturated rings. The van der Waals surface area contributed by atoms with Crippen molar-refractivity contribution in [3.8, 4) is 0 Å². The van der Waals surface area contributed by atoms with Gasteiger partial charge in [0.25, 0.3) is 0 Å². The summed E-state index contributed by atoms with van der Waals surface area (Å²) in [5.41, 5.74) is 0. The zero-order valence-electron chi connectivity index (χ0n) is 15.6. The molecule has 0 rings (SSSR count). The monoisotopic (exact) mass is 382 g/mol. The number of rotatable bonds is 19. The molecule has 0 radical (unpaired) electrons. The summed E-state index contributed by atoms with van der Waals surface area (Å²) in [6, 6.07) is 0. The van der Waals surface area contributed by atoms with Crippen LogP contribution in [0.15, 0.2) is 0 Å². The van der Waals surface area contributed by atoms with Gasteiger partial charge in [-0.2, -0.15) is 11.8 Å². The Hall–Kier alpha value is 0.460. The lowest BCUT2D eigenvalue weighted by atomic mass is 10.1. The predicted molar refractivity (Wildman–Crippen MR) is 106 cm³/mol. The molecule has 0 bridgehead atoms. The zero-order valence-corrected chi connectivity index (χ0v) is 17.3. The van der Waals surface area contributed by atoms with Gasteiger partial charge in [-0.15, -0.1) is 0 Å². The summed E-state index contributed by atoms with van der Waals surface area (Å²) in [4.78, 5) is 17.1. The number of phosphoric ester groups is 1. The first kappa shape index (κ1) is 24.5. The van der Waals surface area contributed by atoms with Crippen molar-refractivity contribution in [3.05, 3.63) is 0 Å². The molecule has 0 unspecified atom stereocenters. The van der Waals surface area contributed by atoms with Gasteiger partial charge in [-0.25, -0.2) is 4.57 Å². The quantitative estimate of drug-likeness (QED) is 0.202. The minimum atomic E-state index is -4.27. The average molecular weight is 383 g/mol. The van der Waals surface area contributed by atoms with Crippen LogP contribution in [0.1, 0.15) is 96.8 Å². The predicted octanol–water partition coefficient (Wildman–Crippen LogP) is 6.31. The molecule has 0 aromatic heterocycles. The molecule has 24 heavy (non-hydrogen) atoms. The molecule has 146 valence electrons. The summed E-state index contributed by atoms with van der Waals surface area (Å²) in [5.74, 6) is 2.06. The first-order valence-electron chi connectivity index (χ1n) is 9.84. The molecule has 0 saturated heterocycles. The molecule has 0 amide bonds. The van der Waals surface area contributed by atoms with Crippen LogP contribution in [0.25, 0.3) is 0 Å². The van der Waals surface area contributed by atoms with Crippen molar-refractivity contribution >= 4 is 19.6 Å². The number of hydrogen-bond donors (Lipinski definition) is 2. The highest BCUT2D eigenvalue weighted by molar-refractivity contribution is 7.99. The van der Waals surface area contributed by atoms with E-state index in [9.17, 15) is 4.57 Å². The standard InChI is InChI=1S/C18H39O4PS/c1-2-3-4-5-6-7-8-9-10-11-12-13-14-17-24-18-15-16-22-23(19,20)21/h2-18H2,1H3,(H2,19,20,21). The van der Waals surface area contributed by atoms with E-state index in [0.717, 1.165) is 11.5 Å². The number of hydrogen-bond acceptors (Lipinski definition) is 3. The van der Waals surface area contributed by atoms with E-state index in [4.69, 9.17) is 9.79 Å². The van der Waals surface area contributed by atoms with Gasteiger partial charge in [0.1, 0.15) is 0 Å². The molecule has 0 aromatic rings. The van der Waals surface area contributed by atoms with Crippen LogP contribution in [0.4, 0.5) is 0 Å². The summed E-state index contributed by atoms with van der Waals surface area (Å²) in [6.07, 6.45) is 18.6. The Labute approximate surface area is 153 Å². The second-order valence-electron chi connectivity index (χ2n) is 6.53. The van der Waals surface area contributed by atoms with Crippen LogP contribution in [0.5, 0.6) is 0 Å². The fourth-order valence-corrected chi connectivity index (χ4v) is 3.97. The second kappa shape index (κ2) is 18.3. The molecular formula is C18H39O4PS. The van der Waals surface area contributed by atoms with Crippen molar-refractivity contribution in [2.75, 3.05) is 18.1 Å². The van der Waals surface area contributed by atoms with Crippen LogP contribution in [-0.2, 0) is 9.09 Å². The Kier molecular flexibility index (Phi) is 18.6. The van der Waals surface area contributed by atoms with Crippen molar-refractivity contribution in [1.82, 2.24) is 0 Å². The van der Waals surface area contributed by atoms with E-state index in [1.807, 2.05) is 11.8 Å². The van der Waals surface area contributed by atoms with Crippen molar-refractivity contribution in [3.63, 3.8) is 0 Å². The van der Waals surface area contributed by atoms with E-state index in [0.29, 0.717) is 6.42 Å². The van der Waals surface area contributed by atoms with Crippen molar-refractivity contribution < 1.29 is 18.9 Å². The molecule has 0 aromatic carbocycles. The molecule has 0 heterocycles. The highest BCUT2D eigenvalue weighted by Gasteiger charge is 2.12. The first-order valence-corrected chi connectivity index (χ1v) is 12.5. The van der Waals surface area contributed by atoms with Crippen molar-refractivity contribution in [2.24, 2.45) is 0 Å². The number of thioether (sulfide) groups is 1. The van der Waals surface area contributed by atoms with Crippen LogP contribution >= 0.6 is 19.6 Å². The fourth-order valence-electron chi connectivity index (χ4n) is 2.67. The third-order valence-corrected chi connectivity index (χ3v) is 5.76. The lowest BCUT2D eigenvalue weighted by Crippen LogP contribution is -1.94. The van der Waals surface area contributed by atoms with Crippen molar-refractivity contribution in [2.45, 2.75) is 96.8 Å². The summed E-state index contributed by atoms with van der Waals surface area (Å²) >= 11 is 1.85. The maximum Gasteiger partial charge on any atom is 0.469 e. The molecule has 0 saturated carbocycles. The van der Waals surface area contributed by atoms with Gasteiger partial charge in [-0.05, 0) is 24.3 Å². The van der Waals surface area contributed by atoms with Gasteiger partial charge in [0.05, 0.1) is 6.61 Å². The third-order valence-electron chi connectivity index (χ3n) is 4.08. The maximum atomic E-state index is 10.5. The second-order valence-corrected chi connectivity index (χ2v) is 9.00. The van der Waals surface area contributed by atoms with Crippen LogP contribution in [0.2, 0.25) is 0 Å². The summed E-state index contributed by atoms with van der Waals surface area (Å²) in [7, 11) is -4.27. The largest absolute Gasteiger partial charge is 0.469 e. The molecule has 4 nitrogen and oxygen atoms in total. The summed E-state index contributed by atoms with van der Waals surface area (Å²) in [5, 5.41) is 0. The smallest absolute Gasteiger partial charge is 0.303 e. The van der Waals surface area contributed by atoms with Gasteiger partial charge < -0.3 is 9.79 Å². The van der Waals surface area contributed by atoms with Gasteiger partial charge in [0.2, 0.25) is 0 Å². The maximum absolute atomic E-state index is 10.5. The summed E-state index contributed by atoms with van der Waals surface area (Å²) < 4.78 is 14.9. The molecular weight excluding hydrogens is 343 g/mol. The van der Waals surface area contributed by atoms with Gasteiger partial charge in [-0.3, -0.25) is 4.52 Å². The lowest BCUT2D eigenvalue weighted by molar-refractivity contribution is 0.198. The highest BCUT2D eigenvalue weighted by Crippen LogP contribution is 2.35. The molecule has 0 aliphatic carbocycles. The molecule has 0 spiro atoms. The molecule has 0 aliphatic heterocycles. The Bertz CT molecular complexity index is 297. The van der Waals surface area contributed by atoms with E-state index in [1.54, 1.807) is 0 Å². The fraction of sp³-hybridized carbons (Fsp3) is 1.00. The third kappa shape index (κ3) is 22.5. The first-order chi connectivity index (χ1) is 11.6. The van der Waals surface area contributed by atoms with Gasteiger partial charge >= 0.3 is 7.82 Å².